The molecule has 3 heteroatoms. The molecular weight excluding hydrogens is 228 g/mol. The van der Waals surface area contributed by atoms with Crippen LogP contribution < -0.4 is 0 Å². The summed E-state index contributed by atoms with van der Waals surface area (Å²) in [5.74, 6) is -0.751. The highest BCUT2D eigenvalue weighted by Gasteiger charge is 2.25. The molecule has 0 spiro atoms. The van der Waals surface area contributed by atoms with Gasteiger partial charge in [0, 0.05) is 5.56 Å². The van der Waals surface area contributed by atoms with E-state index in [9.17, 15) is 9.90 Å². The summed E-state index contributed by atoms with van der Waals surface area (Å²) < 4.78 is 0. The van der Waals surface area contributed by atoms with Crippen LogP contribution in [-0.4, -0.2) is 16.2 Å². The second-order valence-electron chi connectivity index (χ2n) is 5.48. The number of hydrogen-bond acceptors (Lipinski definition) is 2. The van der Waals surface area contributed by atoms with Gasteiger partial charge in [-0.25, -0.2) is 4.79 Å². The molecule has 0 radical (unpaired) electrons. The van der Waals surface area contributed by atoms with E-state index in [4.69, 9.17) is 5.11 Å². The monoisotopic (exact) mass is 250 g/mol. The Balaban J connectivity index is 3.23. The highest BCUT2D eigenvalue weighted by Crippen LogP contribution is 2.36. The number of unbranched alkanes of at least 4 members (excludes halogenated alkanes) is 1. The summed E-state index contributed by atoms with van der Waals surface area (Å²) in [6.45, 7) is 7.90. The van der Waals surface area contributed by atoms with Crippen LogP contribution in [0.25, 0.3) is 0 Å². The number of phenolic OH excluding ortho intramolecular Hbond substituents is 1. The summed E-state index contributed by atoms with van der Waals surface area (Å²) in [7, 11) is 0. The van der Waals surface area contributed by atoms with Crippen molar-refractivity contribution in [3.05, 3.63) is 28.8 Å². The molecule has 1 aromatic rings. The number of aryl methyl sites for hydroxylation is 1. The summed E-state index contributed by atoms with van der Waals surface area (Å²) in [6.07, 6.45) is 3.07. The average molecular weight is 250 g/mol. The highest BCUT2D eigenvalue weighted by molar-refractivity contribution is 5.90. The zero-order chi connectivity index (χ0) is 13.9. The lowest BCUT2D eigenvalue weighted by Crippen LogP contribution is -2.18. The lowest BCUT2D eigenvalue weighted by molar-refractivity contribution is 0.0696. The molecule has 0 bridgehead atoms. The fourth-order valence-corrected chi connectivity index (χ4v) is 2.22. The zero-order valence-electron chi connectivity index (χ0n) is 11.6. The second kappa shape index (κ2) is 5.42. The molecule has 0 fully saturated rings. The lowest BCUT2D eigenvalue weighted by Gasteiger charge is -2.26. The third-order valence-corrected chi connectivity index (χ3v) is 3.46. The van der Waals surface area contributed by atoms with Crippen LogP contribution in [0.4, 0.5) is 0 Å². The van der Waals surface area contributed by atoms with Gasteiger partial charge in [-0.2, -0.15) is 0 Å². The molecule has 1 aromatic carbocycles. The molecule has 3 nitrogen and oxygen atoms in total. The molecule has 0 unspecified atom stereocenters. The van der Waals surface area contributed by atoms with Gasteiger partial charge in [0.25, 0.3) is 0 Å². The minimum atomic E-state index is -0.944. The van der Waals surface area contributed by atoms with E-state index in [0.717, 1.165) is 24.8 Å². The minimum Gasteiger partial charge on any atom is -0.508 e. The number of aromatic hydroxyl groups is 1. The zero-order valence-corrected chi connectivity index (χ0v) is 11.6. The Morgan fingerprint density at radius 2 is 1.94 bits per heavy atom. The first kappa shape index (κ1) is 14.6. The molecule has 0 atom stereocenters. The van der Waals surface area contributed by atoms with Crippen LogP contribution in [0.2, 0.25) is 0 Å². The number of carbonyl (C=O) groups is 1. The largest absolute Gasteiger partial charge is 0.508 e. The van der Waals surface area contributed by atoms with Crippen molar-refractivity contribution in [3.63, 3.8) is 0 Å². The van der Waals surface area contributed by atoms with Crippen LogP contribution in [0, 0.1) is 6.92 Å². The van der Waals surface area contributed by atoms with Gasteiger partial charge in [0.15, 0.2) is 0 Å². The second-order valence-corrected chi connectivity index (χ2v) is 5.48. The van der Waals surface area contributed by atoms with Gasteiger partial charge in [-0.1, -0.05) is 33.6 Å². The van der Waals surface area contributed by atoms with E-state index in [1.165, 1.54) is 0 Å². The van der Waals surface area contributed by atoms with Crippen molar-refractivity contribution in [1.82, 2.24) is 0 Å². The van der Waals surface area contributed by atoms with E-state index < -0.39 is 5.97 Å². The Labute approximate surface area is 108 Å². The molecule has 0 aromatic heterocycles. The number of carboxylic acids is 1. The molecule has 0 saturated heterocycles. The van der Waals surface area contributed by atoms with Crippen LogP contribution in [0.15, 0.2) is 12.1 Å². The summed E-state index contributed by atoms with van der Waals surface area (Å²) in [6, 6.07) is 3.16. The SMILES string of the molecule is CCCCC(C)(C)c1cc(C(=O)O)c(C)cc1O. The Bertz CT molecular complexity index is 447. The smallest absolute Gasteiger partial charge is 0.335 e. The molecular formula is C15H22O3. The van der Waals surface area contributed by atoms with Crippen LogP contribution in [0.5, 0.6) is 5.75 Å². The number of phenols is 1. The van der Waals surface area contributed by atoms with Crippen molar-refractivity contribution < 1.29 is 15.0 Å². The maximum Gasteiger partial charge on any atom is 0.335 e. The Hall–Kier alpha value is -1.51. The van der Waals surface area contributed by atoms with Crippen LogP contribution in [0.1, 0.15) is 61.5 Å². The molecule has 0 aliphatic rings. The van der Waals surface area contributed by atoms with Crippen molar-refractivity contribution in [3.8, 4) is 5.75 Å². The van der Waals surface area contributed by atoms with Crippen LogP contribution in [0.3, 0.4) is 0 Å². The standard InChI is InChI=1S/C15H22O3/c1-5-6-7-15(3,4)12-9-11(14(17)18)10(2)8-13(12)16/h8-9,16H,5-7H2,1-4H3,(H,17,18). The normalized spacial score (nSPS) is 11.6. The van der Waals surface area contributed by atoms with Gasteiger partial charge < -0.3 is 10.2 Å². The summed E-state index contributed by atoms with van der Waals surface area (Å²) >= 11 is 0. The van der Waals surface area contributed by atoms with Gasteiger partial charge in [-0.05, 0) is 36.5 Å². The Morgan fingerprint density at radius 1 is 1.33 bits per heavy atom. The molecule has 0 heterocycles. The van der Waals surface area contributed by atoms with Crippen molar-refractivity contribution in [2.45, 2.75) is 52.4 Å². The molecule has 0 aliphatic carbocycles. The quantitative estimate of drug-likeness (QED) is 0.834. The van der Waals surface area contributed by atoms with Gasteiger partial charge in [0.05, 0.1) is 5.56 Å². The third kappa shape index (κ3) is 3.03. The molecule has 0 amide bonds. The van der Waals surface area contributed by atoms with E-state index in [1.54, 1.807) is 19.1 Å². The molecule has 2 N–H and O–H groups in total. The number of rotatable bonds is 5. The van der Waals surface area contributed by atoms with Crippen LogP contribution >= 0.6 is 0 Å². The molecule has 0 saturated carbocycles. The van der Waals surface area contributed by atoms with E-state index in [0.29, 0.717) is 5.56 Å². The number of carboxylic acid groups (broad SMARTS) is 1. The molecule has 0 aliphatic heterocycles. The van der Waals surface area contributed by atoms with E-state index in [-0.39, 0.29) is 16.7 Å². The summed E-state index contributed by atoms with van der Waals surface area (Å²) in [5, 5.41) is 19.2. The topological polar surface area (TPSA) is 57.5 Å². The Kier molecular flexibility index (Phi) is 4.38. The third-order valence-electron chi connectivity index (χ3n) is 3.46. The van der Waals surface area contributed by atoms with E-state index in [1.807, 2.05) is 13.8 Å². The van der Waals surface area contributed by atoms with Crippen LogP contribution in [-0.2, 0) is 5.41 Å². The number of benzene rings is 1. The first-order chi connectivity index (χ1) is 8.29. The number of hydrogen-bond donors (Lipinski definition) is 2. The first-order valence-electron chi connectivity index (χ1n) is 6.37. The van der Waals surface area contributed by atoms with E-state index in [2.05, 4.69) is 6.92 Å². The summed E-state index contributed by atoms with van der Waals surface area (Å²) in [5.41, 5.74) is 1.37. The lowest BCUT2D eigenvalue weighted by atomic mass is 9.78. The van der Waals surface area contributed by atoms with Gasteiger partial charge in [0.2, 0.25) is 0 Å². The maximum atomic E-state index is 11.1. The van der Waals surface area contributed by atoms with Crippen molar-refractivity contribution in [2.75, 3.05) is 0 Å². The van der Waals surface area contributed by atoms with Gasteiger partial charge in [-0.15, -0.1) is 0 Å². The average Bonchev–Trinajstić information content (AvgIpc) is 2.25. The fraction of sp³-hybridized carbons (Fsp3) is 0.533. The van der Waals surface area contributed by atoms with Gasteiger partial charge >= 0.3 is 5.97 Å². The maximum absolute atomic E-state index is 11.1. The highest BCUT2D eigenvalue weighted by atomic mass is 16.4. The molecule has 1 rings (SSSR count). The number of aromatic carboxylic acids is 1. The van der Waals surface area contributed by atoms with Crippen molar-refractivity contribution in [2.24, 2.45) is 0 Å². The first-order valence-corrected chi connectivity index (χ1v) is 6.37. The van der Waals surface area contributed by atoms with Gasteiger partial charge in [-0.3, -0.25) is 0 Å². The molecule has 100 valence electrons. The van der Waals surface area contributed by atoms with Crippen molar-refractivity contribution >= 4 is 5.97 Å². The molecule has 18 heavy (non-hydrogen) atoms. The predicted octanol–water partition coefficient (Wildman–Crippen LogP) is 3.87. The fourth-order valence-electron chi connectivity index (χ4n) is 2.22. The predicted molar refractivity (Wildman–Crippen MR) is 72.4 cm³/mol. The minimum absolute atomic E-state index is 0.193. The summed E-state index contributed by atoms with van der Waals surface area (Å²) in [4.78, 5) is 11.1. The van der Waals surface area contributed by atoms with Gasteiger partial charge in [0.1, 0.15) is 5.75 Å². The Morgan fingerprint density at radius 3 is 2.44 bits per heavy atom. The van der Waals surface area contributed by atoms with E-state index >= 15 is 0 Å². The van der Waals surface area contributed by atoms with Crippen molar-refractivity contribution in [1.29, 1.82) is 0 Å².